The predicted molar refractivity (Wildman–Crippen MR) is 204 cm³/mol. The summed E-state index contributed by atoms with van der Waals surface area (Å²) in [4.78, 5) is 27.5. The van der Waals surface area contributed by atoms with Crippen molar-refractivity contribution in [2.24, 2.45) is 0 Å². The van der Waals surface area contributed by atoms with Gasteiger partial charge in [-0.2, -0.15) is 0 Å². The summed E-state index contributed by atoms with van der Waals surface area (Å²) < 4.78 is 22.9. The SMILES string of the molecule is CC(C)(C)OC(=O)N1CC=C(B2OC(C)(C)C(C)(C)O2)CC1.Cc1cc(N)nnc1C1=CCN(C(=O)OC(C)(C)C)CC1.Cc1cc(N)nnc1Cl. The highest BCUT2D eigenvalue weighted by Crippen LogP contribution is 2.39. The summed E-state index contributed by atoms with van der Waals surface area (Å²) >= 11 is 5.55. The van der Waals surface area contributed by atoms with Crippen molar-refractivity contribution in [2.75, 3.05) is 37.6 Å². The van der Waals surface area contributed by atoms with Crippen LogP contribution in [-0.4, -0.2) is 98.1 Å². The molecule has 4 N–H and O–H groups in total. The van der Waals surface area contributed by atoms with Crippen molar-refractivity contribution in [3.8, 4) is 0 Å². The highest BCUT2D eigenvalue weighted by Gasteiger charge is 2.52. The first-order chi connectivity index (χ1) is 23.9. The van der Waals surface area contributed by atoms with E-state index in [4.69, 9.17) is 41.9 Å². The number of nitrogens with zero attached hydrogens (tertiary/aromatic N) is 6. The third-order valence-electron chi connectivity index (χ3n) is 8.56. The van der Waals surface area contributed by atoms with Crippen LogP contribution in [0.4, 0.5) is 21.2 Å². The van der Waals surface area contributed by atoms with E-state index in [0.29, 0.717) is 43.0 Å². The van der Waals surface area contributed by atoms with Gasteiger partial charge in [0, 0.05) is 26.2 Å². The highest BCUT2D eigenvalue weighted by atomic mass is 35.5. The normalized spacial score (nSPS) is 18.2. The molecule has 1 fully saturated rings. The molecule has 5 heterocycles. The van der Waals surface area contributed by atoms with Crippen LogP contribution in [0, 0.1) is 13.8 Å². The Bertz CT molecular complexity index is 1640. The third kappa shape index (κ3) is 12.3. The van der Waals surface area contributed by atoms with Gasteiger partial charge in [0.2, 0.25) is 0 Å². The Balaban J connectivity index is 0.000000228. The molecular weight excluding hydrogens is 687 g/mol. The van der Waals surface area contributed by atoms with E-state index in [2.05, 4.69) is 20.4 Å². The number of amides is 2. The first kappa shape index (κ1) is 42.5. The second-order valence-corrected chi connectivity index (χ2v) is 16.4. The number of anilines is 2. The third-order valence-corrected chi connectivity index (χ3v) is 8.94. The molecule has 3 aliphatic heterocycles. The topological polar surface area (TPSA) is 181 Å². The summed E-state index contributed by atoms with van der Waals surface area (Å²) in [5.41, 5.74) is 14.2. The van der Waals surface area contributed by atoms with E-state index in [1.165, 1.54) is 0 Å². The van der Waals surface area contributed by atoms with Gasteiger partial charge in [-0.1, -0.05) is 23.8 Å². The molecule has 0 unspecified atom stereocenters. The number of ether oxygens (including phenoxy) is 2. The predicted octanol–water partition coefficient (Wildman–Crippen LogP) is 6.60. The molecule has 1 saturated heterocycles. The van der Waals surface area contributed by atoms with Gasteiger partial charge in [-0.15, -0.1) is 20.4 Å². The van der Waals surface area contributed by atoms with Gasteiger partial charge >= 0.3 is 19.3 Å². The first-order valence-electron chi connectivity index (χ1n) is 17.4. The van der Waals surface area contributed by atoms with Gasteiger partial charge in [-0.25, -0.2) is 9.59 Å². The second kappa shape index (κ2) is 16.8. The standard InChI is InChI=1S/C16H28BNO4.C15H22N4O2.C5H6ClN3/c1-14(2,3)20-13(19)18-10-8-12(9-11-18)17-21-15(4,5)16(6,7)22-17;1-10-9-12(16)17-18-13(10)11-5-7-19(8-6-11)14(20)21-15(2,3)4;1-3-2-4(7)8-9-5(3)6/h8H,9-11H2,1-7H3;5,9H,6-8H2,1-4H3,(H2,16,17);2H,1H3,(H2,7,8). The van der Waals surface area contributed by atoms with Crippen molar-refractivity contribution < 1.29 is 28.4 Å². The molecule has 16 heteroatoms. The van der Waals surface area contributed by atoms with E-state index in [-0.39, 0.29) is 30.5 Å². The largest absolute Gasteiger partial charge is 0.490 e. The molecule has 14 nitrogen and oxygen atoms in total. The van der Waals surface area contributed by atoms with Gasteiger partial charge in [0.25, 0.3) is 0 Å². The lowest BCUT2D eigenvalue weighted by Gasteiger charge is -2.32. The molecule has 0 spiro atoms. The van der Waals surface area contributed by atoms with Gasteiger partial charge < -0.3 is 40.0 Å². The van der Waals surface area contributed by atoms with E-state index >= 15 is 0 Å². The second-order valence-electron chi connectivity index (χ2n) is 16.0. The number of nitrogens with two attached hydrogens (primary N) is 2. The molecule has 52 heavy (non-hydrogen) atoms. The molecule has 5 rings (SSSR count). The fraction of sp³-hybridized carbons (Fsp3) is 0.611. The van der Waals surface area contributed by atoms with Crippen molar-refractivity contribution in [1.82, 2.24) is 30.2 Å². The number of halogens is 1. The minimum absolute atomic E-state index is 0.267. The minimum Gasteiger partial charge on any atom is -0.444 e. The van der Waals surface area contributed by atoms with Crippen molar-refractivity contribution in [3.05, 3.63) is 51.7 Å². The Morgan fingerprint density at radius 1 is 0.769 bits per heavy atom. The number of carbonyl (C=O) groups excluding carboxylic acids is 2. The van der Waals surface area contributed by atoms with Crippen molar-refractivity contribution in [2.45, 2.75) is 118 Å². The number of hydrogen-bond acceptors (Lipinski definition) is 12. The molecule has 286 valence electrons. The van der Waals surface area contributed by atoms with E-state index < -0.39 is 11.2 Å². The van der Waals surface area contributed by atoms with Crippen LogP contribution in [0.2, 0.25) is 5.15 Å². The lowest BCUT2D eigenvalue weighted by atomic mass is 9.75. The van der Waals surface area contributed by atoms with E-state index in [0.717, 1.165) is 40.7 Å². The van der Waals surface area contributed by atoms with Crippen LogP contribution in [0.15, 0.2) is 29.8 Å². The van der Waals surface area contributed by atoms with Crippen molar-refractivity contribution in [3.63, 3.8) is 0 Å². The monoisotopic (exact) mass is 742 g/mol. The summed E-state index contributed by atoms with van der Waals surface area (Å²) in [6.07, 6.45) is 4.96. The zero-order valence-corrected chi connectivity index (χ0v) is 33.6. The van der Waals surface area contributed by atoms with Crippen LogP contribution >= 0.6 is 11.6 Å². The molecule has 0 bridgehead atoms. The molecular formula is C36H56BClN8O6. The van der Waals surface area contributed by atoms with Gasteiger partial charge in [0.1, 0.15) is 22.8 Å². The zero-order valence-electron chi connectivity index (χ0n) is 32.8. The molecule has 2 aromatic heterocycles. The Morgan fingerprint density at radius 3 is 1.62 bits per heavy atom. The number of nitrogen functional groups attached to an aromatic ring is 2. The average Bonchev–Trinajstić information content (AvgIpc) is 3.24. The molecule has 0 radical (unpaired) electrons. The molecule has 3 aliphatic rings. The van der Waals surface area contributed by atoms with Gasteiger partial charge in [0.15, 0.2) is 5.15 Å². The number of carbonyl (C=O) groups is 2. The van der Waals surface area contributed by atoms with Crippen LogP contribution < -0.4 is 11.5 Å². The average molecular weight is 743 g/mol. The van der Waals surface area contributed by atoms with Crippen molar-refractivity contribution >= 4 is 48.1 Å². The maximum Gasteiger partial charge on any atom is 0.490 e. The number of aryl methyl sites for hydroxylation is 2. The number of aromatic nitrogens is 4. The smallest absolute Gasteiger partial charge is 0.444 e. The van der Waals surface area contributed by atoms with Gasteiger partial charge in [0.05, 0.1) is 16.9 Å². The molecule has 2 amide bonds. The summed E-state index contributed by atoms with van der Waals surface area (Å²) in [6.45, 7) is 25.5. The Labute approximate surface area is 313 Å². The Kier molecular flexibility index (Phi) is 13.7. The highest BCUT2D eigenvalue weighted by molar-refractivity contribution is 6.54. The molecule has 2 aromatic rings. The summed E-state index contributed by atoms with van der Waals surface area (Å²) in [7, 11) is -0.314. The quantitative estimate of drug-likeness (QED) is 0.315. The first-order valence-corrected chi connectivity index (χ1v) is 17.8. The number of rotatable bonds is 2. The summed E-state index contributed by atoms with van der Waals surface area (Å²) in [6, 6.07) is 3.48. The van der Waals surface area contributed by atoms with E-state index in [1.54, 1.807) is 15.9 Å². The van der Waals surface area contributed by atoms with Crippen LogP contribution in [0.25, 0.3) is 5.57 Å². The van der Waals surface area contributed by atoms with Crippen LogP contribution in [-0.2, 0) is 18.8 Å². The molecule has 0 atom stereocenters. The van der Waals surface area contributed by atoms with Gasteiger partial charge in [-0.05, 0) is 130 Å². The van der Waals surface area contributed by atoms with Gasteiger partial charge in [-0.3, -0.25) is 0 Å². The summed E-state index contributed by atoms with van der Waals surface area (Å²) in [5.74, 6) is 0.819. The van der Waals surface area contributed by atoms with Crippen molar-refractivity contribution in [1.29, 1.82) is 0 Å². The lowest BCUT2D eigenvalue weighted by Crippen LogP contribution is -2.41. The summed E-state index contributed by atoms with van der Waals surface area (Å²) in [5, 5.41) is 15.6. The van der Waals surface area contributed by atoms with E-state index in [9.17, 15) is 9.59 Å². The number of hydrogen-bond donors (Lipinski definition) is 2. The minimum atomic E-state index is -0.472. The van der Waals surface area contributed by atoms with E-state index in [1.807, 2.05) is 101 Å². The van der Waals surface area contributed by atoms with Crippen LogP contribution in [0.3, 0.4) is 0 Å². The Morgan fingerprint density at radius 2 is 1.23 bits per heavy atom. The zero-order chi connectivity index (χ0) is 39.2. The maximum absolute atomic E-state index is 12.1. The molecule has 0 aromatic carbocycles. The van der Waals surface area contributed by atoms with Crippen LogP contribution in [0.5, 0.6) is 0 Å². The maximum atomic E-state index is 12.1. The fourth-order valence-electron chi connectivity index (χ4n) is 5.08. The lowest BCUT2D eigenvalue weighted by molar-refractivity contribution is 0.00578. The molecule has 0 saturated carbocycles. The fourth-order valence-corrected chi connectivity index (χ4v) is 5.17. The van der Waals surface area contributed by atoms with Crippen LogP contribution in [0.1, 0.15) is 98.9 Å². The molecule has 0 aliphatic carbocycles. The Hall–Kier alpha value is -3.95.